The van der Waals surface area contributed by atoms with Crippen LogP contribution in [-0.2, 0) is 28.5 Å². The number of hydrogen-bond donors (Lipinski definition) is 0. The Morgan fingerprint density at radius 2 is 0.786 bits per heavy atom. The molecule has 0 saturated heterocycles. The highest BCUT2D eigenvalue weighted by molar-refractivity contribution is 5.70. The number of unbranched alkanes of at least 4 members (excludes halogenated alkanes) is 20. The van der Waals surface area contributed by atoms with Crippen LogP contribution in [-0.4, -0.2) is 129 Å². The second-order valence-electron chi connectivity index (χ2n) is 18.5. The average Bonchev–Trinajstić information content (AvgIpc) is 3.15. The smallest absolute Gasteiger partial charge is 0.361 e. The van der Waals surface area contributed by atoms with Gasteiger partial charge in [0, 0.05) is 25.2 Å². The van der Waals surface area contributed by atoms with E-state index in [-0.39, 0.29) is 11.4 Å². The van der Waals surface area contributed by atoms with Crippen LogP contribution in [0.1, 0.15) is 188 Å². The first-order chi connectivity index (χ1) is 27.1. The molecular formula is C48H100N2O6+2. The maximum absolute atomic E-state index is 12.2. The van der Waals surface area contributed by atoms with E-state index in [4.69, 9.17) is 23.7 Å². The van der Waals surface area contributed by atoms with Gasteiger partial charge in [-0.25, -0.2) is 4.79 Å². The SMILES string of the molecule is CCCCCCCCCCCCCCOC[C@@](CCCCCCCCOCCCCCCC)(COCC[N+](C)(C)CCC)COCC[N+](C)(C)CC(=O)OCC. The Bertz CT molecular complexity index is 806. The summed E-state index contributed by atoms with van der Waals surface area (Å²) in [6.07, 6.45) is 32.2. The van der Waals surface area contributed by atoms with Gasteiger partial charge in [-0.2, -0.15) is 0 Å². The maximum atomic E-state index is 12.2. The second-order valence-corrected chi connectivity index (χ2v) is 18.5. The van der Waals surface area contributed by atoms with Gasteiger partial charge in [-0.05, 0) is 39.0 Å². The molecule has 0 aromatic heterocycles. The van der Waals surface area contributed by atoms with Crippen molar-refractivity contribution in [3.8, 4) is 0 Å². The molecule has 0 aromatic rings. The summed E-state index contributed by atoms with van der Waals surface area (Å²) in [5.74, 6) is -0.152. The molecule has 0 unspecified atom stereocenters. The van der Waals surface area contributed by atoms with Crippen LogP contribution in [0.2, 0.25) is 0 Å². The molecule has 0 aliphatic carbocycles. The van der Waals surface area contributed by atoms with Crippen molar-refractivity contribution >= 4 is 5.97 Å². The van der Waals surface area contributed by atoms with Gasteiger partial charge in [0.1, 0.15) is 13.1 Å². The van der Waals surface area contributed by atoms with E-state index >= 15 is 0 Å². The lowest BCUT2D eigenvalue weighted by Crippen LogP contribution is -2.47. The fourth-order valence-electron chi connectivity index (χ4n) is 7.55. The summed E-state index contributed by atoms with van der Waals surface area (Å²) in [7, 11) is 8.76. The van der Waals surface area contributed by atoms with E-state index in [1.807, 2.05) is 6.92 Å². The molecule has 0 saturated carbocycles. The zero-order valence-corrected chi connectivity index (χ0v) is 39.2. The summed E-state index contributed by atoms with van der Waals surface area (Å²) >= 11 is 0. The van der Waals surface area contributed by atoms with Crippen molar-refractivity contribution < 1.29 is 37.4 Å². The molecule has 56 heavy (non-hydrogen) atoms. The van der Waals surface area contributed by atoms with E-state index in [1.165, 1.54) is 141 Å². The number of carbonyl (C=O) groups is 1. The highest BCUT2D eigenvalue weighted by atomic mass is 16.5. The summed E-state index contributed by atoms with van der Waals surface area (Å²) < 4.78 is 32.2. The van der Waals surface area contributed by atoms with Crippen molar-refractivity contribution in [2.45, 2.75) is 188 Å². The molecule has 0 bridgehead atoms. The summed E-state index contributed by atoms with van der Waals surface area (Å²) in [5.41, 5.74) is -0.178. The Labute approximate surface area is 350 Å². The van der Waals surface area contributed by atoms with Gasteiger partial charge < -0.3 is 32.7 Å². The van der Waals surface area contributed by atoms with Crippen molar-refractivity contribution in [1.82, 2.24) is 0 Å². The largest absolute Gasteiger partial charge is 0.462 e. The van der Waals surface area contributed by atoms with Gasteiger partial charge in [0.25, 0.3) is 0 Å². The number of esters is 1. The Morgan fingerprint density at radius 1 is 0.411 bits per heavy atom. The monoisotopic (exact) mass is 801 g/mol. The average molecular weight is 801 g/mol. The van der Waals surface area contributed by atoms with Crippen LogP contribution in [0.5, 0.6) is 0 Å². The molecule has 0 N–H and O–H groups in total. The Kier molecular flexibility index (Phi) is 37.9. The van der Waals surface area contributed by atoms with Crippen molar-refractivity contribution in [3.63, 3.8) is 0 Å². The van der Waals surface area contributed by atoms with E-state index in [1.54, 1.807) is 0 Å². The first-order valence-corrected chi connectivity index (χ1v) is 24.2. The molecule has 0 rings (SSSR count). The molecule has 0 heterocycles. The quantitative estimate of drug-likeness (QED) is 0.0347. The zero-order chi connectivity index (χ0) is 41.5. The van der Waals surface area contributed by atoms with Crippen LogP contribution >= 0.6 is 0 Å². The van der Waals surface area contributed by atoms with Crippen LogP contribution < -0.4 is 0 Å². The second kappa shape index (κ2) is 38.4. The number of carbonyl (C=O) groups excluding carboxylic acids is 1. The van der Waals surface area contributed by atoms with E-state index < -0.39 is 0 Å². The first kappa shape index (κ1) is 55.2. The minimum atomic E-state index is -0.178. The Hall–Kier alpha value is -0.770. The molecule has 0 radical (unpaired) electrons. The zero-order valence-electron chi connectivity index (χ0n) is 39.2. The summed E-state index contributed by atoms with van der Waals surface area (Å²) in [5, 5.41) is 0. The van der Waals surface area contributed by atoms with Gasteiger partial charge in [0.15, 0.2) is 6.54 Å². The minimum absolute atomic E-state index is 0.152. The van der Waals surface area contributed by atoms with Gasteiger partial charge in [0.2, 0.25) is 0 Å². The number of likely N-dealkylation sites (N-methyl/N-ethyl adjacent to an activating group) is 2. The molecular weight excluding hydrogens is 701 g/mol. The molecule has 0 amide bonds. The lowest BCUT2D eigenvalue weighted by Gasteiger charge is -2.35. The molecule has 336 valence electrons. The third-order valence-electron chi connectivity index (χ3n) is 11.4. The van der Waals surface area contributed by atoms with Crippen LogP contribution in [0.3, 0.4) is 0 Å². The fraction of sp³-hybridized carbons (Fsp3) is 0.979. The van der Waals surface area contributed by atoms with E-state index in [2.05, 4.69) is 49.0 Å². The van der Waals surface area contributed by atoms with E-state index in [0.29, 0.717) is 44.1 Å². The maximum Gasteiger partial charge on any atom is 0.361 e. The topological polar surface area (TPSA) is 63.2 Å². The van der Waals surface area contributed by atoms with Crippen molar-refractivity contribution in [2.24, 2.45) is 5.41 Å². The Morgan fingerprint density at radius 3 is 1.21 bits per heavy atom. The molecule has 8 nitrogen and oxygen atoms in total. The number of hydrogen-bond acceptors (Lipinski definition) is 6. The lowest BCUT2D eigenvalue weighted by atomic mass is 9.84. The third-order valence-corrected chi connectivity index (χ3v) is 11.4. The highest BCUT2D eigenvalue weighted by Crippen LogP contribution is 2.28. The molecule has 0 aliphatic rings. The number of ether oxygens (including phenoxy) is 5. The Balaban J connectivity index is 5.11. The van der Waals surface area contributed by atoms with Crippen LogP contribution in [0.4, 0.5) is 0 Å². The van der Waals surface area contributed by atoms with Gasteiger partial charge in [-0.3, -0.25) is 0 Å². The summed E-state index contributed by atoms with van der Waals surface area (Å²) in [6.45, 7) is 18.3. The van der Waals surface area contributed by atoms with Crippen LogP contribution in [0.15, 0.2) is 0 Å². The predicted molar refractivity (Wildman–Crippen MR) is 238 cm³/mol. The minimum Gasteiger partial charge on any atom is -0.462 e. The third kappa shape index (κ3) is 36.3. The number of quaternary nitrogens is 2. The van der Waals surface area contributed by atoms with Gasteiger partial charge in [-0.15, -0.1) is 0 Å². The number of rotatable bonds is 45. The van der Waals surface area contributed by atoms with Crippen molar-refractivity contribution in [1.29, 1.82) is 0 Å². The van der Waals surface area contributed by atoms with E-state index in [0.717, 1.165) is 69.8 Å². The van der Waals surface area contributed by atoms with Crippen LogP contribution in [0.25, 0.3) is 0 Å². The molecule has 1 atom stereocenters. The lowest BCUT2D eigenvalue weighted by molar-refractivity contribution is -0.890. The first-order valence-electron chi connectivity index (χ1n) is 24.2. The number of nitrogens with zero attached hydrogens (tertiary/aromatic N) is 2. The van der Waals surface area contributed by atoms with Gasteiger partial charge >= 0.3 is 5.97 Å². The van der Waals surface area contributed by atoms with Crippen molar-refractivity contribution in [3.05, 3.63) is 0 Å². The fourth-order valence-corrected chi connectivity index (χ4v) is 7.55. The predicted octanol–water partition coefficient (Wildman–Crippen LogP) is 11.6. The highest BCUT2D eigenvalue weighted by Gasteiger charge is 2.32. The standard InChI is InChI=1S/C48H100N2O6/c1-9-13-15-17-18-19-20-21-22-24-29-33-40-53-44-48(45-54-41-36-49(5,6)35-11-3,46-55-42-37-50(7,8)43-47(51)56-12-4)34-30-26-23-25-28-32-39-52-38-31-27-16-14-10-2/h9-46H2,1-8H3/q+2/t48-/m0/s1. The summed E-state index contributed by atoms with van der Waals surface area (Å²) in [4.78, 5) is 12.2. The normalized spacial score (nSPS) is 13.4. The van der Waals surface area contributed by atoms with E-state index in [9.17, 15) is 4.79 Å². The van der Waals surface area contributed by atoms with Crippen LogP contribution in [0, 0.1) is 5.41 Å². The molecule has 0 spiro atoms. The summed E-state index contributed by atoms with van der Waals surface area (Å²) in [6, 6.07) is 0. The van der Waals surface area contributed by atoms with Crippen molar-refractivity contribution in [2.75, 3.05) is 114 Å². The van der Waals surface area contributed by atoms with Gasteiger partial charge in [-0.1, -0.05) is 149 Å². The molecule has 0 fully saturated rings. The molecule has 0 aromatic carbocycles. The van der Waals surface area contributed by atoms with Gasteiger partial charge in [0.05, 0.1) is 74.4 Å². The molecule has 8 heteroatoms. The molecule has 0 aliphatic heterocycles.